The maximum Gasteiger partial charge on any atom is 0.222 e. The van der Waals surface area contributed by atoms with Crippen LogP contribution in [0.1, 0.15) is 39.0 Å². The number of amides is 1. The molecule has 2 aliphatic rings. The van der Waals surface area contributed by atoms with Crippen molar-refractivity contribution in [1.29, 1.82) is 0 Å². The molecule has 0 aliphatic carbocycles. The minimum atomic E-state index is 0.348. The Morgan fingerprint density at radius 2 is 2.00 bits per heavy atom. The molecule has 4 heteroatoms. The number of ether oxygens (including phenoxy) is 1. The number of carbonyl (C=O) groups excluding carboxylic acids is 1. The summed E-state index contributed by atoms with van der Waals surface area (Å²) < 4.78 is 5.87. The van der Waals surface area contributed by atoms with Crippen molar-refractivity contribution in [3.8, 4) is 5.75 Å². The number of likely N-dealkylation sites (tertiary alicyclic amines) is 1. The fourth-order valence-electron chi connectivity index (χ4n) is 4.02. The number of nitrogens with one attached hydrogen (secondary N) is 1. The highest BCUT2D eigenvalue weighted by Crippen LogP contribution is 2.25. The first-order valence-electron chi connectivity index (χ1n) is 9.88. The second kappa shape index (κ2) is 9.23. The van der Waals surface area contributed by atoms with Gasteiger partial charge in [0.15, 0.2) is 0 Å². The average molecular weight is 344 g/mol. The van der Waals surface area contributed by atoms with Gasteiger partial charge >= 0.3 is 0 Å². The van der Waals surface area contributed by atoms with Crippen molar-refractivity contribution in [2.24, 2.45) is 17.8 Å². The largest absolute Gasteiger partial charge is 0.493 e. The van der Waals surface area contributed by atoms with Crippen LogP contribution in [0.25, 0.3) is 0 Å². The van der Waals surface area contributed by atoms with Gasteiger partial charge in [-0.25, -0.2) is 0 Å². The molecule has 2 saturated heterocycles. The first-order valence-corrected chi connectivity index (χ1v) is 9.88. The zero-order valence-corrected chi connectivity index (χ0v) is 15.5. The third-order valence-electron chi connectivity index (χ3n) is 5.83. The molecule has 1 aromatic carbocycles. The van der Waals surface area contributed by atoms with Crippen LogP contribution in [0.3, 0.4) is 0 Å². The zero-order chi connectivity index (χ0) is 17.5. The zero-order valence-electron chi connectivity index (χ0n) is 15.5. The van der Waals surface area contributed by atoms with Crippen molar-refractivity contribution < 1.29 is 9.53 Å². The van der Waals surface area contributed by atoms with Crippen molar-refractivity contribution in [2.45, 2.75) is 39.0 Å². The highest BCUT2D eigenvalue weighted by atomic mass is 16.5. The van der Waals surface area contributed by atoms with E-state index in [1.54, 1.807) is 0 Å². The highest BCUT2D eigenvalue weighted by molar-refractivity contribution is 5.76. The van der Waals surface area contributed by atoms with Gasteiger partial charge in [-0.1, -0.05) is 25.1 Å². The Bertz CT molecular complexity index is 520. The fraction of sp³-hybridized carbons (Fsp3) is 0.667. The molecule has 1 N–H and O–H groups in total. The lowest BCUT2D eigenvalue weighted by Crippen LogP contribution is -2.41. The number of para-hydroxylation sites is 1. The molecule has 25 heavy (non-hydrogen) atoms. The van der Waals surface area contributed by atoms with Gasteiger partial charge in [0.1, 0.15) is 5.75 Å². The second-order valence-electron chi connectivity index (χ2n) is 7.74. The van der Waals surface area contributed by atoms with E-state index in [0.717, 1.165) is 51.4 Å². The molecule has 2 fully saturated rings. The quantitative estimate of drug-likeness (QED) is 0.861. The first-order chi connectivity index (χ1) is 12.2. The van der Waals surface area contributed by atoms with Crippen LogP contribution < -0.4 is 10.1 Å². The predicted octanol–water partition coefficient (Wildman–Crippen LogP) is 3.33. The Labute approximate surface area is 151 Å². The first kappa shape index (κ1) is 18.2. The maximum absolute atomic E-state index is 12.6. The number of nitrogens with zero attached hydrogens (tertiary/aromatic N) is 1. The SMILES string of the molecule is CC(CC(=O)N1CCC(COc2ccccc2)CC1)C1CCCNC1. The van der Waals surface area contributed by atoms with Crippen molar-refractivity contribution in [3.63, 3.8) is 0 Å². The van der Waals surface area contributed by atoms with Crippen LogP contribution in [-0.2, 0) is 4.79 Å². The smallest absolute Gasteiger partial charge is 0.222 e. The van der Waals surface area contributed by atoms with E-state index in [1.165, 1.54) is 12.8 Å². The summed E-state index contributed by atoms with van der Waals surface area (Å²) in [6.07, 6.45) is 5.32. The van der Waals surface area contributed by atoms with Crippen LogP contribution in [0.5, 0.6) is 5.75 Å². The molecule has 0 radical (unpaired) electrons. The minimum Gasteiger partial charge on any atom is -0.493 e. The summed E-state index contributed by atoms with van der Waals surface area (Å²) in [5, 5.41) is 3.46. The predicted molar refractivity (Wildman–Crippen MR) is 101 cm³/mol. The molecule has 2 atom stereocenters. The number of carbonyl (C=O) groups is 1. The van der Waals surface area contributed by atoms with Crippen LogP contribution in [0, 0.1) is 17.8 Å². The summed E-state index contributed by atoms with van der Waals surface area (Å²) in [4.78, 5) is 14.7. The van der Waals surface area contributed by atoms with E-state index in [0.29, 0.717) is 30.1 Å². The third-order valence-corrected chi connectivity index (χ3v) is 5.83. The maximum atomic E-state index is 12.6. The molecule has 138 valence electrons. The Hall–Kier alpha value is -1.55. The van der Waals surface area contributed by atoms with Crippen molar-refractivity contribution >= 4 is 5.91 Å². The van der Waals surface area contributed by atoms with Crippen molar-refractivity contribution in [1.82, 2.24) is 10.2 Å². The molecule has 2 heterocycles. The van der Waals surface area contributed by atoms with Gasteiger partial charge in [0.2, 0.25) is 5.91 Å². The summed E-state index contributed by atoms with van der Waals surface area (Å²) in [5.41, 5.74) is 0. The molecule has 4 nitrogen and oxygen atoms in total. The number of rotatable bonds is 6. The van der Waals surface area contributed by atoms with E-state index in [9.17, 15) is 4.79 Å². The monoisotopic (exact) mass is 344 g/mol. The van der Waals surface area contributed by atoms with E-state index in [2.05, 4.69) is 17.1 Å². The van der Waals surface area contributed by atoms with Crippen LogP contribution >= 0.6 is 0 Å². The molecule has 0 saturated carbocycles. The molecule has 2 unspecified atom stereocenters. The van der Waals surface area contributed by atoms with Crippen LogP contribution in [0.4, 0.5) is 0 Å². The van der Waals surface area contributed by atoms with Crippen LogP contribution in [0.15, 0.2) is 30.3 Å². The molecule has 3 rings (SSSR count). The van der Waals surface area contributed by atoms with Gasteiger partial charge in [0.05, 0.1) is 6.61 Å². The van der Waals surface area contributed by atoms with Gasteiger partial charge in [0.25, 0.3) is 0 Å². The molecule has 0 bridgehead atoms. The van der Waals surface area contributed by atoms with E-state index in [1.807, 2.05) is 30.3 Å². The van der Waals surface area contributed by atoms with E-state index in [4.69, 9.17) is 4.74 Å². The Balaban J connectivity index is 1.37. The van der Waals surface area contributed by atoms with Gasteiger partial charge in [-0.2, -0.15) is 0 Å². The van der Waals surface area contributed by atoms with Gasteiger partial charge in [0, 0.05) is 19.5 Å². The molecular weight excluding hydrogens is 312 g/mol. The van der Waals surface area contributed by atoms with Crippen molar-refractivity contribution in [3.05, 3.63) is 30.3 Å². The number of hydrogen-bond donors (Lipinski definition) is 1. The highest BCUT2D eigenvalue weighted by Gasteiger charge is 2.27. The van der Waals surface area contributed by atoms with Gasteiger partial charge in [-0.05, 0) is 68.7 Å². The van der Waals surface area contributed by atoms with Gasteiger partial charge < -0.3 is 15.0 Å². The van der Waals surface area contributed by atoms with E-state index >= 15 is 0 Å². The number of piperidine rings is 2. The van der Waals surface area contributed by atoms with Crippen molar-refractivity contribution in [2.75, 3.05) is 32.8 Å². The van der Waals surface area contributed by atoms with E-state index in [-0.39, 0.29) is 0 Å². The Kier molecular flexibility index (Phi) is 6.74. The molecule has 0 spiro atoms. The lowest BCUT2D eigenvalue weighted by Gasteiger charge is -2.34. The molecule has 0 aromatic heterocycles. The summed E-state index contributed by atoms with van der Waals surface area (Å²) in [7, 11) is 0. The summed E-state index contributed by atoms with van der Waals surface area (Å²) in [5.74, 6) is 2.99. The number of benzene rings is 1. The van der Waals surface area contributed by atoms with E-state index < -0.39 is 0 Å². The standard InChI is InChI=1S/C21H32N2O2/c1-17(19-6-5-11-22-15-19)14-21(24)23-12-9-18(10-13-23)16-25-20-7-3-2-4-8-20/h2-4,7-8,17-19,22H,5-6,9-16H2,1H3. The molecule has 2 aliphatic heterocycles. The normalized spacial score (nSPS) is 23.2. The van der Waals surface area contributed by atoms with Crippen LogP contribution in [-0.4, -0.2) is 43.6 Å². The van der Waals surface area contributed by atoms with Gasteiger partial charge in [-0.3, -0.25) is 4.79 Å². The summed E-state index contributed by atoms with van der Waals surface area (Å²) in [6.45, 7) is 6.99. The fourth-order valence-corrected chi connectivity index (χ4v) is 4.02. The molecule has 1 aromatic rings. The molecular formula is C21H32N2O2. The average Bonchev–Trinajstić information content (AvgIpc) is 2.68. The lowest BCUT2D eigenvalue weighted by molar-refractivity contribution is -0.134. The topological polar surface area (TPSA) is 41.6 Å². The minimum absolute atomic E-state index is 0.348. The van der Waals surface area contributed by atoms with Gasteiger partial charge in [-0.15, -0.1) is 0 Å². The van der Waals surface area contributed by atoms with Crippen LogP contribution in [0.2, 0.25) is 0 Å². The second-order valence-corrected chi connectivity index (χ2v) is 7.74. The number of hydrogen-bond acceptors (Lipinski definition) is 3. The third kappa shape index (κ3) is 5.46. The summed E-state index contributed by atoms with van der Waals surface area (Å²) >= 11 is 0. The Morgan fingerprint density at radius 1 is 1.24 bits per heavy atom. The Morgan fingerprint density at radius 3 is 2.68 bits per heavy atom. The summed E-state index contributed by atoms with van der Waals surface area (Å²) in [6, 6.07) is 10.0. The molecule has 1 amide bonds. The lowest BCUT2D eigenvalue weighted by atomic mass is 9.85.